The number of hydrogen-bond acceptors (Lipinski definition) is 3. The van der Waals surface area contributed by atoms with E-state index in [1.54, 1.807) is 7.11 Å². The van der Waals surface area contributed by atoms with Crippen molar-refractivity contribution in [1.82, 2.24) is 5.32 Å². The molecule has 1 saturated carbocycles. The average molecular weight is 286 g/mol. The van der Waals surface area contributed by atoms with Gasteiger partial charge in [0, 0.05) is 20.1 Å². The van der Waals surface area contributed by atoms with Crippen molar-refractivity contribution in [2.24, 2.45) is 17.6 Å². The fourth-order valence-electron chi connectivity index (χ4n) is 2.67. The molecule has 0 aromatic carbocycles. The standard InChI is InChI=1S/C14H26N2O2S/c1-10-4-6-14(7-5-10,13(15)19)16-12(17)8-11(2)9-18-3/h10-11H,4-9H2,1-3H3,(H2,15,19)(H,16,17). The molecule has 1 aliphatic carbocycles. The minimum absolute atomic E-state index is 0.0203. The summed E-state index contributed by atoms with van der Waals surface area (Å²) < 4.78 is 5.05. The third kappa shape index (κ3) is 4.73. The number of methoxy groups -OCH3 is 1. The molecule has 1 amide bonds. The molecule has 110 valence electrons. The van der Waals surface area contributed by atoms with E-state index in [9.17, 15) is 4.79 Å². The van der Waals surface area contributed by atoms with E-state index in [-0.39, 0.29) is 11.8 Å². The Morgan fingerprint density at radius 2 is 2.11 bits per heavy atom. The molecule has 0 saturated heterocycles. The molecule has 19 heavy (non-hydrogen) atoms. The third-order valence-corrected chi connectivity index (χ3v) is 4.35. The quantitative estimate of drug-likeness (QED) is 0.733. The number of nitrogens with two attached hydrogens (primary N) is 1. The van der Waals surface area contributed by atoms with Gasteiger partial charge in [-0.3, -0.25) is 4.79 Å². The predicted octanol–water partition coefficient (Wildman–Crippen LogP) is 2.01. The van der Waals surface area contributed by atoms with Crippen molar-refractivity contribution in [3.63, 3.8) is 0 Å². The average Bonchev–Trinajstić information content (AvgIpc) is 2.32. The summed E-state index contributed by atoms with van der Waals surface area (Å²) >= 11 is 5.19. The van der Waals surface area contributed by atoms with E-state index in [1.807, 2.05) is 6.92 Å². The second-order valence-corrected chi connectivity index (χ2v) is 6.38. The molecule has 0 aliphatic heterocycles. The minimum atomic E-state index is -0.467. The van der Waals surface area contributed by atoms with E-state index >= 15 is 0 Å². The summed E-state index contributed by atoms with van der Waals surface area (Å²) in [5, 5.41) is 3.08. The number of amides is 1. The van der Waals surface area contributed by atoms with Gasteiger partial charge in [0.1, 0.15) is 0 Å². The Labute approximate surface area is 121 Å². The number of nitrogens with one attached hydrogen (secondary N) is 1. The van der Waals surface area contributed by atoms with Gasteiger partial charge in [0.25, 0.3) is 0 Å². The zero-order valence-electron chi connectivity index (χ0n) is 12.2. The van der Waals surface area contributed by atoms with Crippen LogP contribution >= 0.6 is 12.2 Å². The van der Waals surface area contributed by atoms with Gasteiger partial charge in [0.05, 0.1) is 10.5 Å². The smallest absolute Gasteiger partial charge is 0.221 e. The highest BCUT2D eigenvalue weighted by atomic mass is 32.1. The number of rotatable bonds is 6. The Morgan fingerprint density at radius 3 is 2.58 bits per heavy atom. The van der Waals surface area contributed by atoms with Crippen LogP contribution in [0.2, 0.25) is 0 Å². The summed E-state index contributed by atoms with van der Waals surface area (Å²) in [6, 6.07) is 0. The number of ether oxygens (including phenoxy) is 1. The number of carbonyl (C=O) groups excluding carboxylic acids is 1. The molecule has 1 fully saturated rings. The van der Waals surface area contributed by atoms with Gasteiger partial charge < -0.3 is 15.8 Å². The van der Waals surface area contributed by atoms with Crippen LogP contribution < -0.4 is 11.1 Å². The van der Waals surface area contributed by atoms with Gasteiger partial charge in [-0.15, -0.1) is 0 Å². The SMILES string of the molecule is COCC(C)CC(=O)NC1(C(N)=S)CCC(C)CC1. The third-order valence-electron chi connectivity index (χ3n) is 3.96. The molecule has 5 heteroatoms. The molecule has 3 N–H and O–H groups in total. The molecular formula is C14H26N2O2S. The second-order valence-electron chi connectivity index (χ2n) is 5.94. The number of hydrogen-bond donors (Lipinski definition) is 2. The summed E-state index contributed by atoms with van der Waals surface area (Å²) in [7, 11) is 1.65. The van der Waals surface area contributed by atoms with Gasteiger partial charge in [-0.05, 0) is 37.5 Å². The fourth-order valence-corrected chi connectivity index (χ4v) is 2.92. The van der Waals surface area contributed by atoms with Gasteiger partial charge >= 0.3 is 0 Å². The highest BCUT2D eigenvalue weighted by molar-refractivity contribution is 7.80. The number of carbonyl (C=O) groups is 1. The maximum absolute atomic E-state index is 12.1. The summed E-state index contributed by atoms with van der Waals surface area (Å²) in [5.41, 5.74) is 5.41. The van der Waals surface area contributed by atoms with Gasteiger partial charge in [-0.2, -0.15) is 0 Å². The Bertz CT molecular complexity index is 325. The van der Waals surface area contributed by atoms with Gasteiger partial charge in [0.15, 0.2) is 0 Å². The minimum Gasteiger partial charge on any atom is -0.391 e. The van der Waals surface area contributed by atoms with Crippen LogP contribution in [-0.2, 0) is 9.53 Å². The van der Waals surface area contributed by atoms with Crippen LogP contribution in [-0.4, -0.2) is 30.2 Å². The van der Waals surface area contributed by atoms with Crippen molar-refractivity contribution in [1.29, 1.82) is 0 Å². The molecule has 1 aliphatic rings. The second kappa shape index (κ2) is 7.20. The zero-order chi connectivity index (χ0) is 14.5. The maximum Gasteiger partial charge on any atom is 0.221 e. The number of thiocarbonyl (C=S) groups is 1. The Balaban J connectivity index is 2.59. The highest BCUT2D eigenvalue weighted by Gasteiger charge is 2.38. The first kappa shape index (κ1) is 16.4. The largest absolute Gasteiger partial charge is 0.391 e. The first-order valence-corrected chi connectivity index (χ1v) is 7.40. The van der Waals surface area contributed by atoms with Gasteiger partial charge in [-0.1, -0.05) is 26.1 Å². The van der Waals surface area contributed by atoms with Crippen LogP contribution in [0.15, 0.2) is 0 Å². The monoisotopic (exact) mass is 286 g/mol. The Morgan fingerprint density at radius 1 is 1.53 bits per heavy atom. The van der Waals surface area contributed by atoms with E-state index in [1.165, 1.54) is 0 Å². The lowest BCUT2D eigenvalue weighted by molar-refractivity contribution is -0.123. The molecule has 0 aromatic rings. The van der Waals surface area contributed by atoms with E-state index in [0.717, 1.165) is 25.7 Å². The van der Waals surface area contributed by atoms with Crippen molar-refractivity contribution >= 4 is 23.1 Å². The Kier molecular flexibility index (Phi) is 6.20. The fraction of sp³-hybridized carbons (Fsp3) is 0.857. The van der Waals surface area contributed by atoms with Gasteiger partial charge in [-0.25, -0.2) is 0 Å². The molecule has 0 spiro atoms. The Hall–Kier alpha value is -0.680. The molecule has 0 bridgehead atoms. The zero-order valence-corrected chi connectivity index (χ0v) is 13.0. The summed E-state index contributed by atoms with van der Waals surface area (Å²) in [6.07, 6.45) is 4.28. The molecule has 1 rings (SSSR count). The van der Waals surface area contributed by atoms with Crippen molar-refractivity contribution in [2.75, 3.05) is 13.7 Å². The molecule has 1 atom stereocenters. The summed E-state index contributed by atoms with van der Waals surface area (Å²) in [4.78, 5) is 12.5. The lowest BCUT2D eigenvalue weighted by Crippen LogP contribution is -2.58. The van der Waals surface area contributed by atoms with Crippen LogP contribution in [0.3, 0.4) is 0 Å². The lowest BCUT2D eigenvalue weighted by atomic mass is 9.77. The van der Waals surface area contributed by atoms with Crippen molar-refractivity contribution in [2.45, 2.75) is 51.5 Å². The van der Waals surface area contributed by atoms with Crippen LogP contribution in [0, 0.1) is 11.8 Å². The van der Waals surface area contributed by atoms with Crippen molar-refractivity contribution < 1.29 is 9.53 Å². The lowest BCUT2D eigenvalue weighted by Gasteiger charge is -2.39. The van der Waals surface area contributed by atoms with Crippen LogP contribution in [0.4, 0.5) is 0 Å². The highest BCUT2D eigenvalue weighted by Crippen LogP contribution is 2.32. The molecule has 4 nitrogen and oxygen atoms in total. The van der Waals surface area contributed by atoms with Crippen LogP contribution in [0.5, 0.6) is 0 Å². The normalized spacial score (nSPS) is 28.7. The van der Waals surface area contributed by atoms with E-state index < -0.39 is 5.54 Å². The topological polar surface area (TPSA) is 64.3 Å². The van der Waals surface area contributed by atoms with Crippen LogP contribution in [0.25, 0.3) is 0 Å². The maximum atomic E-state index is 12.1. The molecule has 0 aromatic heterocycles. The van der Waals surface area contributed by atoms with E-state index in [4.69, 9.17) is 22.7 Å². The summed E-state index contributed by atoms with van der Waals surface area (Å²) in [6.45, 7) is 4.82. The first-order chi connectivity index (χ1) is 8.89. The van der Waals surface area contributed by atoms with Crippen molar-refractivity contribution in [3.05, 3.63) is 0 Å². The van der Waals surface area contributed by atoms with Gasteiger partial charge in [0.2, 0.25) is 5.91 Å². The molecule has 1 unspecified atom stereocenters. The molecular weight excluding hydrogens is 260 g/mol. The van der Waals surface area contributed by atoms with Crippen molar-refractivity contribution in [3.8, 4) is 0 Å². The van der Waals surface area contributed by atoms with E-state index in [2.05, 4.69) is 12.2 Å². The van der Waals surface area contributed by atoms with E-state index in [0.29, 0.717) is 23.9 Å². The predicted molar refractivity (Wildman–Crippen MR) is 80.9 cm³/mol. The summed E-state index contributed by atoms with van der Waals surface area (Å²) in [5.74, 6) is 0.912. The first-order valence-electron chi connectivity index (χ1n) is 6.99. The molecule has 0 radical (unpaired) electrons. The van der Waals surface area contributed by atoms with Crippen LogP contribution in [0.1, 0.15) is 46.0 Å². The molecule has 0 heterocycles.